The predicted molar refractivity (Wildman–Crippen MR) is 104 cm³/mol. The van der Waals surface area contributed by atoms with Gasteiger partial charge in [0, 0.05) is 16.3 Å². The lowest BCUT2D eigenvalue weighted by Gasteiger charge is -2.22. The fourth-order valence-corrected chi connectivity index (χ4v) is 3.02. The molecule has 134 valence electrons. The summed E-state index contributed by atoms with van der Waals surface area (Å²) in [5, 5.41) is 11.9. The number of nitrogens with two attached hydrogens (primary N) is 1. The molecule has 0 aliphatic carbocycles. The van der Waals surface area contributed by atoms with Crippen LogP contribution in [-0.2, 0) is 4.79 Å². The van der Waals surface area contributed by atoms with Gasteiger partial charge in [-0.3, -0.25) is 14.5 Å². The number of carbonyl (C=O) groups excluding carboxylic acids is 1. The van der Waals surface area contributed by atoms with Gasteiger partial charge in [0.2, 0.25) is 5.91 Å². The van der Waals surface area contributed by atoms with Gasteiger partial charge in [0.1, 0.15) is 5.69 Å². The van der Waals surface area contributed by atoms with Gasteiger partial charge in [0.05, 0.1) is 12.1 Å². The van der Waals surface area contributed by atoms with Crippen molar-refractivity contribution < 1.29 is 9.90 Å². The topological polar surface area (TPSA) is 112 Å². The van der Waals surface area contributed by atoms with Crippen molar-refractivity contribution in [3.8, 4) is 5.75 Å². The molecule has 2 heterocycles. The molecular weight excluding hydrogens is 344 g/mol. The third-order valence-electron chi connectivity index (χ3n) is 4.30. The number of aromatic amines is 1. The first-order valence-corrected chi connectivity index (χ1v) is 8.32. The van der Waals surface area contributed by atoms with E-state index in [9.17, 15) is 14.7 Å². The van der Waals surface area contributed by atoms with Crippen LogP contribution in [0.4, 0.5) is 11.5 Å². The van der Waals surface area contributed by atoms with E-state index < -0.39 is 11.5 Å². The quantitative estimate of drug-likeness (QED) is 0.519. The Labute approximate surface area is 153 Å². The zero-order valence-corrected chi connectivity index (χ0v) is 14.2. The van der Waals surface area contributed by atoms with Gasteiger partial charge >= 0.3 is 0 Å². The molecule has 0 aliphatic heterocycles. The summed E-state index contributed by atoms with van der Waals surface area (Å²) in [6.07, 6.45) is 0. The molecule has 0 saturated heterocycles. The molecule has 7 nitrogen and oxygen atoms in total. The highest BCUT2D eigenvalue weighted by Crippen LogP contribution is 2.33. The molecule has 7 heteroatoms. The van der Waals surface area contributed by atoms with Crippen LogP contribution in [0.3, 0.4) is 0 Å². The second kappa shape index (κ2) is 6.54. The number of nitrogens with one attached hydrogen (secondary N) is 1. The van der Waals surface area contributed by atoms with Crippen molar-refractivity contribution in [3.63, 3.8) is 0 Å². The Morgan fingerprint density at radius 3 is 2.56 bits per heavy atom. The van der Waals surface area contributed by atoms with Gasteiger partial charge in [0.15, 0.2) is 11.6 Å². The number of hydrogen-bond donors (Lipinski definition) is 3. The first-order valence-electron chi connectivity index (χ1n) is 8.32. The van der Waals surface area contributed by atoms with E-state index in [1.54, 1.807) is 36.4 Å². The summed E-state index contributed by atoms with van der Waals surface area (Å²) in [5.74, 6) is -0.818. The number of benzene rings is 2. The van der Waals surface area contributed by atoms with E-state index >= 15 is 0 Å². The van der Waals surface area contributed by atoms with E-state index in [2.05, 4.69) is 9.97 Å². The molecule has 0 fully saturated rings. The lowest BCUT2D eigenvalue weighted by molar-refractivity contribution is -0.116. The van der Waals surface area contributed by atoms with Crippen LogP contribution in [0.15, 0.2) is 65.5 Å². The SMILES string of the molecule is NCC(=O)N(c1nc2ccccc2cc1O)c1cc2ccccc2[nH]c1=O. The number of H-pyrrole nitrogens is 1. The zero-order chi connectivity index (χ0) is 19.0. The van der Waals surface area contributed by atoms with E-state index in [4.69, 9.17) is 5.73 Å². The van der Waals surface area contributed by atoms with Gasteiger partial charge in [-0.2, -0.15) is 0 Å². The van der Waals surface area contributed by atoms with Crippen LogP contribution < -0.4 is 16.2 Å². The van der Waals surface area contributed by atoms with Crippen molar-refractivity contribution in [3.05, 3.63) is 71.0 Å². The number of aromatic nitrogens is 2. The number of hydrogen-bond acceptors (Lipinski definition) is 5. The molecule has 0 unspecified atom stereocenters. The lowest BCUT2D eigenvalue weighted by Crippen LogP contribution is -2.36. The molecule has 1 amide bonds. The van der Waals surface area contributed by atoms with Crippen LogP contribution >= 0.6 is 0 Å². The molecule has 0 aliphatic rings. The summed E-state index contributed by atoms with van der Waals surface area (Å²) in [6.45, 7) is -0.347. The molecule has 0 saturated carbocycles. The molecule has 4 rings (SSSR count). The van der Waals surface area contributed by atoms with Gasteiger partial charge in [0.25, 0.3) is 5.56 Å². The van der Waals surface area contributed by atoms with Crippen LogP contribution in [0.1, 0.15) is 0 Å². The summed E-state index contributed by atoms with van der Waals surface area (Å²) in [4.78, 5) is 33.4. The molecule has 0 atom stereocenters. The number of carbonyl (C=O) groups is 1. The van der Waals surface area contributed by atoms with E-state index in [1.807, 2.05) is 18.2 Å². The fourth-order valence-electron chi connectivity index (χ4n) is 3.02. The monoisotopic (exact) mass is 360 g/mol. The van der Waals surface area contributed by atoms with E-state index in [-0.39, 0.29) is 23.8 Å². The maximum Gasteiger partial charge on any atom is 0.272 e. The molecule has 4 N–H and O–H groups in total. The minimum atomic E-state index is -0.561. The normalized spacial score (nSPS) is 11.0. The van der Waals surface area contributed by atoms with Crippen LogP contribution in [0.5, 0.6) is 5.75 Å². The number of aromatic hydroxyl groups is 1. The van der Waals surface area contributed by atoms with Crippen molar-refractivity contribution in [1.29, 1.82) is 0 Å². The summed E-state index contributed by atoms with van der Waals surface area (Å²) in [6, 6.07) is 17.5. The van der Waals surface area contributed by atoms with Gasteiger partial charge in [-0.05, 0) is 24.3 Å². The summed E-state index contributed by atoms with van der Waals surface area (Å²) in [7, 11) is 0. The molecular formula is C20H16N4O3. The maximum absolute atomic E-state index is 12.6. The van der Waals surface area contributed by atoms with Crippen molar-refractivity contribution >= 4 is 39.2 Å². The predicted octanol–water partition coefficient (Wildman–Crippen LogP) is 2.41. The van der Waals surface area contributed by atoms with Crippen LogP contribution in [0.2, 0.25) is 0 Å². The highest BCUT2D eigenvalue weighted by atomic mass is 16.3. The molecule has 2 aromatic heterocycles. The summed E-state index contributed by atoms with van der Waals surface area (Å²) in [5.41, 5.74) is 6.34. The number of nitrogens with zero attached hydrogens (tertiary/aromatic N) is 2. The number of fused-ring (bicyclic) bond motifs is 2. The van der Waals surface area contributed by atoms with Gasteiger partial charge in [-0.25, -0.2) is 4.98 Å². The Bertz CT molecular complexity index is 1230. The first kappa shape index (κ1) is 16.7. The molecule has 2 aromatic carbocycles. The number of anilines is 2. The second-order valence-electron chi connectivity index (χ2n) is 6.03. The fraction of sp³-hybridized carbons (Fsp3) is 0.0500. The Kier molecular flexibility index (Phi) is 4.06. The summed E-state index contributed by atoms with van der Waals surface area (Å²) >= 11 is 0. The summed E-state index contributed by atoms with van der Waals surface area (Å²) < 4.78 is 0. The number of rotatable bonds is 3. The molecule has 0 bridgehead atoms. The van der Waals surface area contributed by atoms with Gasteiger partial charge in [-0.15, -0.1) is 0 Å². The standard InChI is InChI=1S/C20H16N4O3/c21-11-18(26)24(16-9-12-5-1-4-8-15(12)23-20(16)27)19-17(25)10-13-6-2-3-7-14(13)22-19/h1-10,25H,11,21H2,(H,23,27). The average Bonchev–Trinajstić information content (AvgIpc) is 2.68. The Morgan fingerprint density at radius 2 is 1.78 bits per heavy atom. The zero-order valence-electron chi connectivity index (χ0n) is 14.2. The van der Waals surface area contributed by atoms with Gasteiger partial charge in [-0.1, -0.05) is 36.4 Å². The third-order valence-corrected chi connectivity index (χ3v) is 4.30. The minimum absolute atomic E-state index is 0.0371. The average molecular weight is 360 g/mol. The van der Waals surface area contributed by atoms with E-state index in [0.717, 1.165) is 10.3 Å². The highest BCUT2D eigenvalue weighted by molar-refractivity contribution is 6.04. The molecule has 0 radical (unpaired) electrons. The number of para-hydroxylation sites is 2. The Hall–Kier alpha value is -3.71. The van der Waals surface area contributed by atoms with Crippen LogP contribution in [-0.4, -0.2) is 27.5 Å². The van der Waals surface area contributed by atoms with Crippen molar-refractivity contribution in [1.82, 2.24) is 9.97 Å². The molecule has 4 aromatic rings. The van der Waals surface area contributed by atoms with Crippen LogP contribution in [0, 0.1) is 0 Å². The van der Waals surface area contributed by atoms with Gasteiger partial charge < -0.3 is 15.8 Å². The number of amides is 1. The smallest absolute Gasteiger partial charge is 0.272 e. The van der Waals surface area contributed by atoms with E-state index in [1.165, 1.54) is 6.07 Å². The first-order chi connectivity index (χ1) is 13.1. The molecule has 0 spiro atoms. The Balaban J connectivity index is 1.98. The molecule has 27 heavy (non-hydrogen) atoms. The lowest BCUT2D eigenvalue weighted by atomic mass is 10.1. The van der Waals surface area contributed by atoms with Crippen molar-refractivity contribution in [2.24, 2.45) is 5.73 Å². The Morgan fingerprint density at radius 1 is 1.07 bits per heavy atom. The minimum Gasteiger partial charge on any atom is -0.504 e. The highest BCUT2D eigenvalue weighted by Gasteiger charge is 2.25. The van der Waals surface area contributed by atoms with Crippen molar-refractivity contribution in [2.45, 2.75) is 0 Å². The van der Waals surface area contributed by atoms with E-state index in [0.29, 0.717) is 16.4 Å². The largest absolute Gasteiger partial charge is 0.504 e. The van der Waals surface area contributed by atoms with Crippen molar-refractivity contribution in [2.75, 3.05) is 11.4 Å². The number of pyridine rings is 2. The third kappa shape index (κ3) is 2.90. The van der Waals surface area contributed by atoms with Crippen LogP contribution in [0.25, 0.3) is 21.8 Å². The second-order valence-corrected chi connectivity index (χ2v) is 6.03. The maximum atomic E-state index is 12.6.